The van der Waals surface area contributed by atoms with Gasteiger partial charge in [-0.2, -0.15) is 0 Å². The molecule has 2 N–H and O–H groups in total. The van der Waals surface area contributed by atoms with Crippen LogP contribution in [0.4, 0.5) is 5.82 Å². The molecule has 1 atom stereocenters. The summed E-state index contributed by atoms with van der Waals surface area (Å²) in [5.74, 6) is 1.09. The van der Waals surface area contributed by atoms with Crippen LogP contribution in [0.25, 0.3) is 0 Å². The number of hydrogen-bond acceptors (Lipinski definition) is 6. The molecular weight excluding hydrogens is 484 g/mol. The number of ether oxygens (including phenoxy) is 1. The largest absolute Gasteiger partial charge is 0.384 e. The minimum Gasteiger partial charge on any atom is -0.384 e. The fraction of sp³-hybridized carbons (Fsp3) is 0.560. The van der Waals surface area contributed by atoms with Gasteiger partial charge in [0.05, 0.1) is 11.7 Å². The second-order valence-electron chi connectivity index (χ2n) is 9.78. The van der Waals surface area contributed by atoms with Crippen molar-refractivity contribution in [3.8, 4) is 0 Å². The van der Waals surface area contributed by atoms with E-state index in [1.54, 1.807) is 6.20 Å². The van der Waals surface area contributed by atoms with Gasteiger partial charge in [-0.15, -0.1) is 0 Å². The number of piperidine rings is 2. The van der Waals surface area contributed by atoms with Gasteiger partial charge in [0.15, 0.2) is 5.78 Å². The predicted molar refractivity (Wildman–Crippen MR) is 129 cm³/mol. The number of halogens is 1. The molecule has 3 fully saturated rings. The number of carbonyl (C=O) groups is 2. The number of nitrogen functional groups attached to an aromatic ring is 1. The number of rotatable bonds is 3. The Morgan fingerprint density at radius 3 is 2.73 bits per heavy atom. The zero-order valence-electron chi connectivity index (χ0n) is 18.8. The minimum absolute atomic E-state index is 0.0853. The lowest BCUT2D eigenvalue weighted by Crippen LogP contribution is -2.55. The van der Waals surface area contributed by atoms with Crippen LogP contribution in [0.15, 0.2) is 40.5 Å². The second kappa shape index (κ2) is 9.31. The molecule has 0 bridgehead atoms. The molecule has 1 aliphatic carbocycles. The first-order valence-corrected chi connectivity index (χ1v) is 12.7. The Morgan fingerprint density at radius 1 is 1.24 bits per heavy atom. The highest BCUT2D eigenvalue weighted by Crippen LogP contribution is 2.41. The Labute approximate surface area is 203 Å². The number of likely N-dealkylation sites (tertiary alicyclic amines) is 2. The number of nitrogens with two attached hydrogens (primary N) is 1. The standard InChI is InChI=1S/C25H31BrN4O3/c26-19-1-2-22-20(14-19)21(31)15-25(33-22)6-11-30(12-7-25)24(32)18-4-9-29(10-5-18)16-17-3-8-28-23(27)13-17/h1,3,8,13-14,18,22H,2,4-7,9-12,15-16H2,(H2,27,28). The van der Waals surface area contributed by atoms with E-state index in [-0.39, 0.29) is 23.7 Å². The maximum atomic E-state index is 13.2. The monoisotopic (exact) mass is 514 g/mol. The van der Waals surface area contributed by atoms with Crippen molar-refractivity contribution in [1.29, 1.82) is 0 Å². The molecular formula is C25H31BrN4O3. The molecule has 4 heterocycles. The summed E-state index contributed by atoms with van der Waals surface area (Å²) in [6, 6.07) is 3.91. The number of anilines is 1. The molecule has 0 radical (unpaired) electrons. The molecule has 1 spiro atoms. The average molecular weight is 515 g/mol. The van der Waals surface area contributed by atoms with E-state index in [0.29, 0.717) is 25.3 Å². The van der Waals surface area contributed by atoms with E-state index in [0.717, 1.165) is 67.4 Å². The van der Waals surface area contributed by atoms with Crippen molar-refractivity contribution in [2.75, 3.05) is 31.9 Å². The van der Waals surface area contributed by atoms with Gasteiger partial charge in [0.1, 0.15) is 5.82 Å². The summed E-state index contributed by atoms with van der Waals surface area (Å²) in [7, 11) is 0. The summed E-state index contributed by atoms with van der Waals surface area (Å²) in [5.41, 5.74) is 7.33. The molecule has 3 saturated heterocycles. The van der Waals surface area contributed by atoms with Crippen molar-refractivity contribution in [3.05, 3.63) is 46.1 Å². The summed E-state index contributed by atoms with van der Waals surface area (Å²) >= 11 is 3.47. The average Bonchev–Trinajstić information content (AvgIpc) is 2.80. The summed E-state index contributed by atoms with van der Waals surface area (Å²) in [4.78, 5) is 34.5. The predicted octanol–water partition coefficient (Wildman–Crippen LogP) is 3.20. The maximum Gasteiger partial charge on any atom is 0.225 e. The Kier molecular flexibility index (Phi) is 6.42. The number of aromatic nitrogens is 1. The number of allylic oxidation sites excluding steroid dienone is 2. The fourth-order valence-corrected chi connectivity index (χ4v) is 6.07. The molecule has 176 valence electrons. The van der Waals surface area contributed by atoms with Gasteiger partial charge in [-0.1, -0.05) is 22.0 Å². The number of fused-ring (bicyclic) bond motifs is 1. The van der Waals surface area contributed by atoms with E-state index >= 15 is 0 Å². The van der Waals surface area contributed by atoms with Gasteiger partial charge in [0.2, 0.25) is 5.91 Å². The molecule has 1 amide bonds. The molecule has 4 aliphatic rings. The molecule has 0 aromatic carbocycles. The van der Waals surface area contributed by atoms with Crippen LogP contribution in [0, 0.1) is 5.92 Å². The lowest BCUT2D eigenvalue weighted by Gasteiger charge is -2.47. The van der Waals surface area contributed by atoms with Crippen LogP contribution >= 0.6 is 15.9 Å². The van der Waals surface area contributed by atoms with Crippen LogP contribution in [-0.2, 0) is 20.9 Å². The molecule has 0 saturated carbocycles. The highest BCUT2D eigenvalue weighted by Gasteiger charge is 2.46. The maximum absolute atomic E-state index is 13.2. The second-order valence-corrected chi connectivity index (χ2v) is 10.7. The highest BCUT2D eigenvalue weighted by molar-refractivity contribution is 9.11. The molecule has 5 rings (SSSR count). The minimum atomic E-state index is -0.413. The zero-order valence-corrected chi connectivity index (χ0v) is 20.4. The first-order chi connectivity index (χ1) is 15.9. The van der Waals surface area contributed by atoms with Gasteiger partial charge in [-0.25, -0.2) is 4.98 Å². The smallest absolute Gasteiger partial charge is 0.225 e. The molecule has 1 unspecified atom stereocenters. The van der Waals surface area contributed by atoms with E-state index in [2.05, 4.69) is 31.9 Å². The number of ketones is 1. The lowest BCUT2D eigenvalue weighted by molar-refractivity contribution is -0.159. The molecule has 1 aromatic rings. The molecule has 1 aromatic heterocycles. The van der Waals surface area contributed by atoms with Gasteiger partial charge in [-0.05, 0) is 69.0 Å². The van der Waals surface area contributed by atoms with E-state index in [1.807, 2.05) is 23.1 Å². The number of amides is 1. The van der Waals surface area contributed by atoms with Crippen LogP contribution in [-0.4, -0.2) is 64.4 Å². The number of pyridine rings is 1. The first-order valence-electron chi connectivity index (χ1n) is 11.9. The normalized spacial score (nSPS) is 26.0. The molecule has 33 heavy (non-hydrogen) atoms. The molecule has 8 heteroatoms. The van der Waals surface area contributed by atoms with Gasteiger partial charge >= 0.3 is 0 Å². The van der Waals surface area contributed by atoms with Gasteiger partial charge < -0.3 is 15.4 Å². The topological polar surface area (TPSA) is 88.8 Å². The van der Waals surface area contributed by atoms with Crippen molar-refractivity contribution in [1.82, 2.24) is 14.8 Å². The number of nitrogens with zero attached hydrogens (tertiary/aromatic N) is 3. The Hall–Kier alpha value is -2.03. The van der Waals surface area contributed by atoms with Crippen LogP contribution in [0.1, 0.15) is 44.1 Å². The van der Waals surface area contributed by atoms with E-state index < -0.39 is 5.60 Å². The highest BCUT2D eigenvalue weighted by atomic mass is 79.9. The quantitative estimate of drug-likeness (QED) is 0.666. The van der Waals surface area contributed by atoms with Crippen LogP contribution in [0.3, 0.4) is 0 Å². The van der Waals surface area contributed by atoms with Crippen LogP contribution in [0.5, 0.6) is 0 Å². The Morgan fingerprint density at radius 2 is 2.00 bits per heavy atom. The van der Waals surface area contributed by atoms with E-state index in [1.165, 1.54) is 0 Å². The molecule has 7 nitrogen and oxygen atoms in total. The fourth-order valence-electron chi connectivity index (χ4n) is 5.63. The van der Waals surface area contributed by atoms with Crippen molar-refractivity contribution < 1.29 is 14.3 Å². The summed E-state index contributed by atoms with van der Waals surface area (Å²) in [6.07, 6.45) is 9.96. The zero-order chi connectivity index (χ0) is 23.0. The van der Waals surface area contributed by atoms with Crippen molar-refractivity contribution in [3.63, 3.8) is 0 Å². The van der Waals surface area contributed by atoms with Gasteiger partial charge in [0.25, 0.3) is 0 Å². The van der Waals surface area contributed by atoms with Gasteiger partial charge in [-0.3, -0.25) is 14.5 Å². The number of Topliss-reactive ketones (excluding diaryl/α,β-unsaturated/α-hetero) is 1. The van der Waals surface area contributed by atoms with Crippen LogP contribution < -0.4 is 5.73 Å². The first kappa shape index (κ1) is 22.7. The third kappa shape index (κ3) is 4.93. The molecule has 3 aliphatic heterocycles. The van der Waals surface area contributed by atoms with E-state index in [9.17, 15) is 9.59 Å². The SMILES string of the molecule is Nc1cc(CN2CCC(C(=O)N3CCC4(CC3)CC(=O)C3=CC(Br)=CCC3O4)CC2)ccn1. The Bertz CT molecular complexity index is 991. The van der Waals surface area contributed by atoms with Gasteiger partial charge in [0, 0.05) is 48.2 Å². The Balaban J connectivity index is 1.12. The third-order valence-electron chi connectivity index (χ3n) is 7.54. The number of hydrogen-bond donors (Lipinski definition) is 1. The van der Waals surface area contributed by atoms with Crippen molar-refractivity contribution in [2.45, 2.75) is 56.8 Å². The van der Waals surface area contributed by atoms with E-state index in [4.69, 9.17) is 10.5 Å². The van der Waals surface area contributed by atoms with Crippen molar-refractivity contribution in [2.24, 2.45) is 5.92 Å². The number of carbonyl (C=O) groups excluding carboxylic acids is 2. The lowest BCUT2D eigenvalue weighted by atomic mass is 9.79. The third-order valence-corrected chi connectivity index (χ3v) is 8.09. The van der Waals surface area contributed by atoms with Crippen LogP contribution in [0.2, 0.25) is 0 Å². The summed E-state index contributed by atoms with van der Waals surface area (Å²) < 4.78 is 7.43. The van der Waals surface area contributed by atoms with Crippen molar-refractivity contribution >= 4 is 33.4 Å². The summed E-state index contributed by atoms with van der Waals surface area (Å²) in [5, 5.41) is 0. The summed E-state index contributed by atoms with van der Waals surface area (Å²) in [6.45, 7) is 4.01.